The molecule has 2 rings (SSSR count). The van der Waals surface area contributed by atoms with Gasteiger partial charge in [0.15, 0.2) is 5.96 Å². The van der Waals surface area contributed by atoms with E-state index in [0.717, 1.165) is 39.3 Å². The van der Waals surface area contributed by atoms with Gasteiger partial charge in [-0.15, -0.1) is 24.0 Å². The van der Waals surface area contributed by atoms with Gasteiger partial charge >= 0.3 is 0 Å². The van der Waals surface area contributed by atoms with Crippen molar-refractivity contribution in [2.75, 3.05) is 50.7 Å². The molecule has 0 aliphatic carbocycles. The van der Waals surface area contributed by atoms with Gasteiger partial charge < -0.3 is 20.4 Å². The number of piperazine rings is 1. The third kappa shape index (κ3) is 6.37. The molecule has 6 nitrogen and oxygen atoms in total. The topological polar surface area (TPSA) is 65.2 Å². The third-order valence-corrected chi connectivity index (χ3v) is 4.44. The molecule has 1 aromatic carbocycles. The number of nitrogens with zero attached hydrogens (tertiary/aromatic N) is 4. The molecule has 1 aliphatic rings. The Labute approximate surface area is 168 Å². The van der Waals surface area contributed by atoms with Crippen molar-refractivity contribution in [3.8, 4) is 0 Å². The number of benzene rings is 1. The molecule has 0 saturated carbocycles. The van der Waals surface area contributed by atoms with Crippen LogP contribution in [-0.4, -0.2) is 67.5 Å². The first-order valence-electron chi connectivity index (χ1n) is 8.78. The molecule has 1 fully saturated rings. The van der Waals surface area contributed by atoms with Crippen molar-refractivity contribution in [1.29, 1.82) is 0 Å². The highest BCUT2D eigenvalue weighted by molar-refractivity contribution is 14.0. The first-order valence-corrected chi connectivity index (χ1v) is 8.78. The lowest BCUT2D eigenvalue weighted by Gasteiger charge is -2.36. The Hall–Kier alpha value is -1.51. The first kappa shape index (κ1) is 21.5. The van der Waals surface area contributed by atoms with Gasteiger partial charge in [-0.05, 0) is 26.0 Å². The molecule has 0 aromatic heterocycles. The van der Waals surface area contributed by atoms with E-state index < -0.39 is 0 Å². The number of halogens is 1. The zero-order chi connectivity index (χ0) is 17.4. The summed E-state index contributed by atoms with van der Waals surface area (Å²) in [4.78, 5) is 22.9. The van der Waals surface area contributed by atoms with Gasteiger partial charge in [0.05, 0.1) is 6.54 Å². The lowest BCUT2D eigenvalue weighted by molar-refractivity contribution is -0.131. The Morgan fingerprint density at radius 3 is 2.28 bits per heavy atom. The molecular formula is C18H30IN5O. The largest absolute Gasteiger partial charge is 0.370 e. The van der Waals surface area contributed by atoms with Crippen molar-refractivity contribution >= 4 is 41.5 Å². The van der Waals surface area contributed by atoms with Crippen LogP contribution < -0.4 is 10.6 Å². The summed E-state index contributed by atoms with van der Waals surface area (Å²) in [6.45, 7) is 9.50. The summed E-state index contributed by atoms with van der Waals surface area (Å²) in [5.74, 6) is 0.695. The SMILES string of the molecule is CCN(CC)C(N)=NCCC(=O)N1CCN(c2ccccc2)CC1.I. The van der Waals surface area contributed by atoms with Crippen LogP contribution in [0.15, 0.2) is 35.3 Å². The number of amides is 1. The smallest absolute Gasteiger partial charge is 0.224 e. The minimum absolute atomic E-state index is 0. The van der Waals surface area contributed by atoms with Gasteiger partial charge in [0.1, 0.15) is 0 Å². The van der Waals surface area contributed by atoms with Crippen molar-refractivity contribution in [3.63, 3.8) is 0 Å². The van der Waals surface area contributed by atoms with E-state index in [2.05, 4.69) is 22.0 Å². The van der Waals surface area contributed by atoms with Crippen molar-refractivity contribution in [1.82, 2.24) is 9.80 Å². The molecular weight excluding hydrogens is 429 g/mol. The highest BCUT2D eigenvalue weighted by Gasteiger charge is 2.20. The van der Waals surface area contributed by atoms with E-state index in [1.54, 1.807) is 0 Å². The summed E-state index contributed by atoms with van der Waals surface area (Å²) in [6.07, 6.45) is 0.424. The van der Waals surface area contributed by atoms with Crippen molar-refractivity contribution < 1.29 is 4.79 Å². The molecule has 1 aromatic rings. The summed E-state index contributed by atoms with van der Waals surface area (Å²) >= 11 is 0. The number of carbonyl (C=O) groups excluding carboxylic acids is 1. The van der Waals surface area contributed by atoms with E-state index in [1.165, 1.54) is 5.69 Å². The van der Waals surface area contributed by atoms with Crippen LogP contribution in [0, 0.1) is 0 Å². The maximum atomic E-state index is 12.3. The number of hydrogen-bond acceptors (Lipinski definition) is 3. The minimum Gasteiger partial charge on any atom is -0.370 e. The van der Waals surface area contributed by atoms with Gasteiger partial charge in [0, 0.05) is 51.4 Å². The van der Waals surface area contributed by atoms with Gasteiger partial charge in [-0.1, -0.05) is 18.2 Å². The van der Waals surface area contributed by atoms with Gasteiger partial charge in [0.25, 0.3) is 0 Å². The van der Waals surface area contributed by atoms with Crippen LogP contribution in [0.1, 0.15) is 20.3 Å². The second-order valence-corrected chi connectivity index (χ2v) is 5.87. The monoisotopic (exact) mass is 459 g/mol. The average Bonchev–Trinajstić information content (AvgIpc) is 2.63. The number of nitrogens with two attached hydrogens (primary N) is 1. The van der Waals surface area contributed by atoms with Crippen molar-refractivity contribution in [2.24, 2.45) is 10.7 Å². The van der Waals surface area contributed by atoms with Gasteiger partial charge in [-0.25, -0.2) is 0 Å². The summed E-state index contributed by atoms with van der Waals surface area (Å²) in [5, 5.41) is 0. The number of aliphatic imine (C=N–C) groups is 1. The van der Waals surface area contributed by atoms with Crippen LogP contribution >= 0.6 is 24.0 Å². The molecule has 7 heteroatoms. The number of carbonyl (C=O) groups is 1. The molecule has 0 unspecified atom stereocenters. The number of hydrogen-bond donors (Lipinski definition) is 1. The van der Waals surface area contributed by atoms with Gasteiger partial charge in [-0.2, -0.15) is 0 Å². The quantitative estimate of drug-likeness (QED) is 0.402. The summed E-state index contributed by atoms with van der Waals surface area (Å²) in [5.41, 5.74) is 7.15. The van der Waals surface area contributed by atoms with E-state index in [4.69, 9.17) is 5.73 Å². The van der Waals surface area contributed by atoms with Crippen LogP contribution in [-0.2, 0) is 4.79 Å². The summed E-state index contributed by atoms with van der Waals surface area (Å²) in [7, 11) is 0. The third-order valence-electron chi connectivity index (χ3n) is 4.44. The molecule has 0 atom stereocenters. The second kappa shape index (κ2) is 11.2. The number of anilines is 1. The molecule has 1 amide bonds. The Kier molecular flexibility index (Phi) is 9.62. The van der Waals surface area contributed by atoms with E-state index in [-0.39, 0.29) is 29.9 Å². The molecule has 25 heavy (non-hydrogen) atoms. The fourth-order valence-electron chi connectivity index (χ4n) is 2.92. The molecule has 1 saturated heterocycles. The van der Waals surface area contributed by atoms with Crippen molar-refractivity contribution in [2.45, 2.75) is 20.3 Å². The Morgan fingerprint density at radius 2 is 1.72 bits per heavy atom. The van der Waals surface area contributed by atoms with Crippen LogP contribution in [0.4, 0.5) is 5.69 Å². The van der Waals surface area contributed by atoms with E-state index in [9.17, 15) is 4.79 Å². The van der Waals surface area contributed by atoms with Crippen LogP contribution in [0.2, 0.25) is 0 Å². The highest BCUT2D eigenvalue weighted by Crippen LogP contribution is 2.15. The molecule has 140 valence electrons. The number of rotatable bonds is 6. The highest BCUT2D eigenvalue weighted by atomic mass is 127. The van der Waals surface area contributed by atoms with Gasteiger partial charge in [-0.3, -0.25) is 9.79 Å². The fraction of sp³-hybridized carbons (Fsp3) is 0.556. The van der Waals surface area contributed by atoms with E-state index in [0.29, 0.717) is 18.9 Å². The molecule has 1 aliphatic heterocycles. The Bertz CT molecular complexity index is 540. The number of guanidine groups is 1. The molecule has 1 heterocycles. The normalized spacial score (nSPS) is 14.9. The predicted molar refractivity (Wildman–Crippen MR) is 115 cm³/mol. The molecule has 0 spiro atoms. The van der Waals surface area contributed by atoms with Gasteiger partial charge in [0.2, 0.25) is 5.91 Å². The summed E-state index contributed by atoms with van der Waals surface area (Å²) < 4.78 is 0. The number of para-hydroxylation sites is 1. The molecule has 0 bridgehead atoms. The minimum atomic E-state index is 0. The Morgan fingerprint density at radius 1 is 1.12 bits per heavy atom. The predicted octanol–water partition coefficient (Wildman–Crippen LogP) is 2.00. The lowest BCUT2D eigenvalue weighted by Crippen LogP contribution is -2.49. The maximum absolute atomic E-state index is 12.3. The summed E-state index contributed by atoms with van der Waals surface area (Å²) in [6, 6.07) is 10.3. The Balaban J connectivity index is 0.00000312. The second-order valence-electron chi connectivity index (χ2n) is 5.87. The first-order chi connectivity index (χ1) is 11.7. The van der Waals surface area contributed by atoms with Crippen LogP contribution in [0.3, 0.4) is 0 Å². The molecule has 2 N–H and O–H groups in total. The maximum Gasteiger partial charge on any atom is 0.224 e. The standard InChI is InChI=1S/C18H29N5O.HI/c1-3-21(4-2)18(19)20-11-10-17(24)23-14-12-22(13-15-23)16-8-6-5-7-9-16;/h5-9H,3-4,10-15H2,1-2H3,(H2,19,20);1H. The zero-order valence-corrected chi connectivity index (χ0v) is 17.6. The fourth-order valence-corrected chi connectivity index (χ4v) is 2.92. The van der Waals surface area contributed by atoms with Crippen LogP contribution in [0.5, 0.6) is 0 Å². The van der Waals surface area contributed by atoms with E-state index in [1.807, 2.05) is 41.8 Å². The lowest BCUT2D eigenvalue weighted by atomic mass is 10.2. The van der Waals surface area contributed by atoms with Crippen molar-refractivity contribution in [3.05, 3.63) is 30.3 Å². The molecule has 0 radical (unpaired) electrons. The van der Waals surface area contributed by atoms with E-state index >= 15 is 0 Å². The van der Waals surface area contributed by atoms with Crippen LogP contribution in [0.25, 0.3) is 0 Å². The average molecular weight is 459 g/mol. The zero-order valence-electron chi connectivity index (χ0n) is 15.2.